The van der Waals surface area contributed by atoms with Gasteiger partial charge < -0.3 is 15.7 Å². The third-order valence-corrected chi connectivity index (χ3v) is 3.49. The number of aliphatic hydroxyl groups is 1. The molecule has 0 atom stereocenters. The topological polar surface area (TPSA) is 62.4 Å². The number of anilines is 2. The molecule has 0 aliphatic heterocycles. The minimum atomic E-state index is 0.116. The smallest absolute Gasteiger partial charge is 0.0779 e. The van der Waals surface area contributed by atoms with Crippen molar-refractivity contribution in [3.63, 3.8) is 0 Å². The molecule has 0 radical (unpaired) electrons. The van der Waals surface area contributed by atoms with E-state index in [-0.39, 0.29) is 6.61 Å². The molecular weight excluding hydrogens is 282 g/mol. The highest BCUT2D eigenvalue weighted by Crippen LogP contribution is 2.33. The summed E-state index contributed by atoms with van der Waals surface area (Å²) in [7, 11) is 0. The number of rotatable bonds is 6. The Labute approximate surface area is 111 Å². The van der Waals surface area contributed by atoms with E-state index >= 15 is 0 Å². The number of halogens is 1. The number of nitrogens with two attached hydrogens (primary N) is 1. The van der Waals surface area contributed by atoms with Crippen molar-refractivity contribution in [1.29, 1.82) is 0 Å². The van der Waals surface area contributed by atoms with E-state index in [0.29, 0.717) is 18.3 Å². The molecule has 0 bridgehead atoms. The van der Waals surface area contributed by atoms with E-state index in [1.165, 1.54) is 0 Å². The van der Waals surface area contributed by atoms with Crippen molar-refractivity contribution in [1.82, 2.24) is 4.98 Å². The van der Waals surface area contributed by atoms with Gasteiger partial charge in [-0.05, 0) is 28.8 Å². The maximum atomic E-state index is 9.21. The van der Waals surface area contributed by atoms with Crippen molar-refractivity contribution in [2.45, 2.75) is 32.7 Å². The number of aromatic nitrogens is 1. The summed E-state index contributed by atoms with van der Waals surface area (Å²) in [6.45, 7) is 4.98. The zero-order valence-corrected chi connectivity index (χ0v) is 11.9. The Hall–Kier alpha value is -0.810. The van der Waals surface area contributed by atoms with Crippen LogP contribution in [0.4, 0.5) is 11.4 Å². The monoisotopic (exact) mass is 301 g/mol. The van der Waals surface area contributed by atoms with Crippen LogP contribution < -0.4 is 10.6 Å². The summed E-state index contributed by atoms with van der Waals surface area (Å²) in [5, 5.41) is 9.21. The van der Waals surface area contributed by atoms with Gasteiger partial charge in [0.05, 0.1) is 28.7 Å². The molecule has 0 amide bonds. The van der Waals surface area contributed by atoms with Crippen LogP contribution in [0.5, 0.6) is 0 Å². The summed E-state index contributed by atoms with van der Waals surface area (Å²) in [6.07, 6.45) is 5.42. The highest BCUT2D eigenvalue weighted by atomic mass is 79.9. The molecule has 3 N–H and O–H groups in total. The lowest BCUT2D eigenvalue weighted by atomic mass is 10.1. The molecule has 1 aromatic heterocycles. The summed E-state index contributed by atoms with van der Waals surface area (Å²) in [5.74, 6) is 0. The Bertz CT molecular complexity index is 335. The molecule has 96 valence electrons. The predicted octanol–water partition coefficient (Wildman–Crippen LogP) is 2.41. The van der Waals surface area contributed by atoms with Crippen LogP contribution in [0.25, 0.3) is 0 Å². The van der Waals surface area contributed by atoms with Crippen LogP contribution in [0.15, 0.2) is 16.9 Å². The van der Waals surface area contributed by atoms with E-state index in [1.807, 2.05) is 0 Å². The zero-order chi connectivity index (χ0) is 12.8. The molecule has 0 unspecified atom stereocenters. The minimum Gasteiger partial charge on any atom is -0.396 e. The van der Waals surface area contributed by atoms with E-state index in [1.54, 1.807) is 12.4 Å². The van der Waals surface area contributed by atoms with Gasteiger partial charge >= 0.3 is 0 Å². The molecule has 1 rings (SSSR count). The molecule has 0 aliphatic rings. The first-order valence-electron chi connectivity index (χ1n) is 5.92. The molecule has 0 fully saturated rings. The number of hydrogen-bond acceptors (Lipinski definition) is 4. The van der Waals surface area contributed by atoms with E-state index in [9.17, 15) is 5.11 Å². The minimum absolute atomic E-state index is 0.116. The van der Waals surface area contributed by atoms with Gasteiger partial charge in [0.25, 0.3) is 0 Å². The number of pyridine rings is 1. The normalized spacial score (nSPS) is 10.9. The third-order valence-electron chi connectivity index (χ3n) is 2.91. The molecule has 0 aliphatic carbocycles. The third kappa shape index (κ3) is 3.33. The summed E-state index contributed by atoms with van der Waals surface area (Å²) >= 11 is 3.48. The van der Waals surface area contributed by atoms with Gasteiger partial charge in [-0.15, -0.1) is 0 Å². The van der Waals surface area contributed by atoms with Crippen molar-refractivity contribution in [3.05, 3.63) is 16.9 Å². The lowest BCUT2D eigenvalue weighted by Crippen LogP contribution is -2.37. The highest BCUT2D eigenvalue weighted by Gasteiger charge is 2.19. The summed E-state index contributed by atoms with van der Waals surface area (Å²) in [4.78, 5) is 6.19. The van der Waals surface area contributed by atoms with Gasteiger partial charge in [-0.1, -0.05) is 13.8 Å². The van der Waals surface area contributed by atoms with Crippen LogP contribution in [0.1, 0.15) is 26.7 Å². The van der Waals surface area contributed by atoms with E-state index in [2.05, 4.69) is 39.7 Å². The molecule has 5 heteroatoms. The first kappa shape index (κ1) is 14.3. The fraction of sp³-hybridized carbons (Fsp3) is 0.583. The first-order valence-corrected chi connectivity index (χ1v) is 6.71. The van der Waals surface area contributed by atoms with Gasteiger partial charge in [-0.2, -0.15) is 0 Å². The van der Waals surface area contributed by atoms with Gasteiger partial charge in [0.1, 0.15) is 0 Å². The Morgan fingerprint density at radius 1 is 1.41 bits per heavy atom. The van der Waals surface area contributed by atoms with Crippen molar-refractivity contribution in [3.8, 4) is 0 Å². The van der Waals surface area contributed by atoms with Gasteiger partial charge in [0.2, 0.25) is 0 Å². The van der Waals surface area contributed by atoms with Crippen LogP contribution in [-0.2, 0) is 0 Å². The average Bonchev–Trinajstić information content (AvgIpc) is 2.30. The van der Waals surface area contributed by atoms with E-state index < -0.39 is 0 Å². The molecule has 4 nitrogen and oxygen atoms in total. The molecule has 1 heterocycles. The Morgan fingerprint density at radius 2 is 2.06 bits per heavy atom. The molecule has 0 saturated carbocycles. The lowest BCUT2D eigenvalue weighted by Gasteiger charge is -2.33. The quantitative estimate of drug-likeness (QED) is 0.847. The van der Waals surface area contributed by atoms with Crippen LogP contribution in [-0.4, -0.2) is 29.3 Å². The first-order chi connectivity index (χ1) is 8.15. The standard InChI is InChI=1S/C12H20BrN3O/c1-3-9(4-2)16(5-6-17)12-10(13)7-15-8-11(12)14/h7-9,17H,3-6,14H2,1-2H3. The second-order valence-electron chi connectivity index (χ2n) is 3.95. The molecule has 1 aromatic rings. The molecular formula is C12H20BrN3O. The maximum absolute atomic E-state index is 9.21. The predicted molar refractivity (Wildman–Crippen MR) is 75.2 cm³/mol. The molecule has 17 heavy (non-hydrogen) atoms. The number of hydrogen-bond donors (Lipinski definition) is 2. The van der Waals surface area contributed by atoms with Crippen LogP contribution >= 0.6 is 15.9 Å². The number of aliphatic hydroxyl groups excluding tert-OH is 1. The van der Waals surface area contributed by atoms with Crippen molar-refractivity contribution < 1.29 is 5.11 Å². The second kappa shape index (κ2) is 6.81. The fourth-order valence-corrected chi connectivity index (χ4v) is 2.64. The Kier molecular flexibility index (Phi) is 5.71. The molecule has 0 saturated heterocycles. The van der Waals surface area contributed by atoms with Crippen LogP contribution in [0, 0.1) is 0 Å². The highest BCUT2D eigenvalue weighted by molar-refractivity contribution is 9.10. The zero-order valence-electron chi connectivity index (χ0n) is 10.4. The summed E-state index contributed by atoms with van der Waals surface area (Å²) in [5.41, 5.74) is 7.56. The van der Waals surface area contributed by atoms with Crippen LogP contribution in [0.2, 0.25) is 0 Å². The largest absolute Gasteiger partial charge is 0.396 e. The average molecular weight is 302 g/mol. The lowest BCUT2D eigenvalue weighted by molar-refractivity contribution is 0.296. The fourth-order valence-electron chi connectivity index (χ4n) is 2.06. The van der Waals surface area contributed by atoms with Crippen LogP contribution in [0.3, 0.4) is 0 Å². The van der Waals surface area contributed by atoms with Crippen molar-refractivity contribution in [2.24, 2.45) is 0 Å². The Morgan fingerprint density at radius 3 is 2.53 bits per heavy atom. The second-order valence-corrected chi connectivity index (χ2v) is 4.80. The number of nitrogen functional groups attached to an aromatic ring is 1. The van der Waals surface area contributed by atoms with Gasteiger partial charge in [-0.3, -0.25) is 4.98 Å². The van der Waals surface area contributed by atoms with Crippen molar-refractivity contribution >= 4 is 27.3 Å². The summed E-state index contributed by atoms with van der Waals surface area (Å²) < 4.78 is 0.873. The van der Waals surface area contributed by atoms with E-state index in [0.717, 1.165) is 23.0 Å². The van der Waals surface area contributed by atoms with Gasteiger partial charge in [0.15, 0.2) is 0 Å². The summed E-state index contributed by atoms with van der Waals surface area (Å²) in [6, 6.07) is 0.378. The van der Waals surface area contributed by atoms with Crippen molar-refractivity contribution in [2.75, 3.05) is 23.8 Å². The van der Waals surface area contributed by atoms with Gasteiger partial charge in [0, 0.05) is 18.8 Å². The molecule has 0 spiro atoms. The maximum Gasteiger partial charge on any atom is 0.0779 e. The van der Waals surface area contributed by atoms with E-state index in [4.69, 9.17) is 5.73 Å². The Balaban J connectivity index is 3.12. The van der Waals surface area contributed by atoms with Gasteiger partial charge in [-0.25, -0.2) is 0 Å². The molecule has 0 aromatic carbocycles. The number of nitrogens with zero attached hydrogens (tertiary/aromatic N) is 2. The SMILES string of the molecule is CCC(CC)N(CCO)c1c(N)cncc1Br.